The van der Waals surface area contributed by atoms with Crippen LogP contribution >= 0.6 is 22.9 Å². The van der Waals surface area contributed by atoms with Crippen LogP contribution in [-0.2, 0) is 16.6 Å². The van der Waals surface area contributed by atoms with Gasteiger partial charge in [-0.1, -0.05) is 11.6 Å². The summed E-state index contributed by atoms with van der Waals surface area (Å²) < 4.78 is 28.7. The summed E-state index contributed by atoms with van der Waals surface area (Å²) in [5, 5.41) is 8.26. The number of hydrogen-bond donors (Lipinski definition) is 2. The van der Waals surface area contributed by atoms with Crippen LogP contribution in [0.3, 0.4) is 0 Å². The number of rotatable bonds is 4. The molecule has 2 N–H and O–H groups in total. The van der Waals surface area contributed by atoms with Gasteiger partial charge in [0, 0.05) is 29.4 Å². The number of hydrogen-bond acceptors (Lipinski definition) is 5. The number of halogens is 1. The molecule has 0 radical (unpaired) electrons. The molecule has 0 atom stereocenters. The molecule has 0 aliphatic carbocycles. The van der Waals surface area contributed by atoms with Crippen molar-refractivity contribution in [3.8, 4) is 0 Å². The Morgan fingerprint density at radius 2 is 2.35 bits per heavy atom. The van der Waals surface area contributed by atoms with Crippen LogP contribution in [0, 0.1) is 6.92 Å². The van der Waals surface area contributed by atoms with Crippen molar-refractivity contribution in [2.24, 2.45) is 0 Å². The van der Waals surface area contributed by atoms with Crippen molar-refractivity contribution in [1.29, 1.82) is 0 Å². The number of nitrogens with one attached hydrogen (secondary N) is 2. The van der Waals surface area contributed by atoms with Gasteiger partial charge >= 0.3 is 0 Å². The Balaban J connectivity index is 1.94. The standard InChI is InChI=1S/C10H10ClN5O2S2/c1-6-7(4-12-15-6)5-13-20(17,18)9-8(11)14-10-16(9)2-3-19-10/h2-4,13H,5H2,1H3,(H,12,15). The van der Waals surface area contributed by atoms with Crippen molar-refractivity contribution in [2.45, 2.75) is 18.5 Å². The highest BCUT2D eigenvalue weighted by Gasteiger charge is 2.25. The molecule has 3 heterocycles. The van der Waals surface area contributed by atoms with E-state index in [0.717, 1.165) is 11.3 Å². The maximum atomic E-state index is 12.4. The smallest absolute Gasteiger partial charge is 0.260 e. The number of aromatic nitrogens is 4. The van der Waals surface area contributed by atoms with Gasteiger partial charge in [-0.25, -0.2) is 18.1 Å². The lowest BCUT2D eigenvalue weighted by Gasteiger charge is -2.05. The highest BCUT2D eigenvalue weighted by molar-refractivity contribution is 7.89. The number of nitrogens with zero attached hydrogens (tertiary/aromatic N) is 3. The normalized spacial score (nSPS) is 12.3. The van der Waals surface area contributed by atoms with E-state index in [1.165, 1.54) is 15.7 Å². The molecule has 0 saturated heterocycles. The van der Waals surface area contributed by atoms with Crippen LogP contribution in [0.1, 0.15) is 11.3 Å². The van der Waals surface area contributed by atoms with Gasteiger partial charge in [-0.3, -0.25) is 9.50 Å². The SMILES string of the molecule is Cc1[nH]ncc1CNS(=O)(=O)c1c(Cl)nc2sccn12. The zero-order valence-electron chi connectivity index (χ0n) is 10.3. The van der Waals surface area contributed by atoms with E-state index < -0.39 is 10.0 Å². The van der Waals surface area contributed by atoms with E-state index in [1.807, 2.05) is 6.92 Å². The fourth-order valence-corrected chi connectivity index (χ4v) is 4.23. The molecule has 20 heavy (non-hydrogen) atoms. The highest BCUT2D eigenvalue weighted by Crippen LogP contribution is 2.25. The van der Waals surface area contributed by atoms with Crippen molar-refractivity contribution in [3.63, 3.8) is 0 Å². The Kier molecular flexibility index (Phi) is 3.28. The maximum Gasteiger partial charge on any atom is 0.260 e. The van der Waals surface area contributed by atoms with Gasteiger partial charge in [0.25, 0.3) is 10.0 Å². The minimum atomic E-state index is -3.75. The molecular weight excluding hydrogens is 322 g/mol. The van der Waals surface area contributed by atoms with Crippen molar-refractivity contribution < 1.29 is 8.42 Å². The number of aromatic amines is 1. The fourth-order valence-electron chi connectivity index (χ4n) is 1.77. The average Bonchev–Trinajstić information content (AvgIpc) is 3.02. The molecule has 0 bridgehead atoms. The van der Waals surface area contributed by atoms with E-state index in [-0.39, 0.29) is 16.7 Å². The van der Waals surface area contributed by atoms with Crippen LogP contribution in [0.2, 0.25) is 5.15 Å². The lowest BCUT2D eigenvalue weighted by Crippen LogP contribution is -2.24. The number of sulfonamides is 1. The summed E-state index contributed by atoms with van der Waals surface area (Å²) in [6.45, 7) is 1.96. The first-order valence-electron chi connectivity index (χ1n) is 5.58. The van der Waals surface area contributed by atoms with Gasteiger partial charge in [-0.2, -0.15) is 5.10 Å². The molecule has 0 spiro atoms. The van der Waals surface area contributed by atoms with Gasteiger partial charge in [0.05, 0.1) is 6.20 Å². The summed E-state index contributed by atoms with van der Waals surface area (Å²) in [6.07, 6.45) is 3.20. The van der Waals surface area contributed by atoms with Gasteiger partial charge in [-0.05, 0) is 6.92 Å². The van der Waals surface area contributed by atoms with Crippen LogP contribution in [0.25, 0.3) is 4.96 Å². The summed E-state index contributed by atoms with van der Waals surface area (Å²) in [5.41, 5.74) is 1.59. The van der Waals surface area contributed by atoms with E-state index in [2.05, 4.69) is 19.9 Å². The lowest BCUT2D eigenvalue weighted by molar-refractivity contribution is 0.576. The van der Waals surface area contributed by atoms with E-state index in [4.69, 9.17) is 11.6 Å². The molecule has 10 heteroatoms. The molecule has 106 valence electrons. The second kappa shape index (κ2) is 4.85. The van der Waals surface area contributed by atoms with Crippen molar-refractivity contribution in [1.82, 2.24) is 24.3 Å². The summed E-state index contributed by atoms with van der Waals surface area (Å²) in [6, 6.07) is 0. The molecular formula is C10H10ClN5O2S2. The van der Waals surface area contributed by atoms with Crippen molar-refractivity contribution in [3.05, 3.63) is 34.2 Å². The van der Waals surface area contributed by atoms with Crippen LogP contribution < -0.4 is 4.72 Å². The largest absolute Gasteiger partial charge is 0.283 e. The lowest BCUT2D eigenvalue weighted by atomic mass is 10.3. The number of fused-ring (bicyclic) bond motifs is 1. The summed E-state index contributed by atoms with van der Waals surface area (Å²) in [5.74, 6) is 0. The minimum absolute atomic E-state index is 0.0340. The molecule has 0 unspecified atom stereocenters. The predicted molar refractivity (Wildman–Crippen MR) is 75.4 cm³/mol. The van der Waals surface area contributed by atoms with Crippen LogP contribution in [0.15, 0.2) is 22.8 Å². The Morgan fingerprint density at radius 1 is 1.55 bits per heavy atom. The average molecular weight is 332 g/mol. The first kappa shape index (κ1) is 13.6. The zero-order chi connectivity index (χ0) is 14.3. The van der Waals surface area contributed by atoms with E-state index >= 15 is 0 Å². The third kappa shape index (κ3) is 2.22. The van der Waals surface area contributed by atoms with Gasteiger partial charge in [0.1, 0.15) is 0 Å². The Hall–Kier alpha value is -1.42. The van der Waals surface area contributed by atoms with Gasteiger partial charge in [-0.15, -0.1) is 11.3 Å². The number of thiazole rings is 1. The van der Waals surface area contributed by atoms with Crippen LogP contribution in [0.4, 0.5) is 0 Å². The zero-order valence-corrected chi connectivity index (χ0v) is 12.7. The maximum absolute atomic E-state index is 12.4. The number of aryl methyl sites for hydroxylation is 1. The summed E-state index contributed by atoms with van der Waals surface area (Å²) >= 11 is 7.24. The molecule has 0 aromatic carbocycles. The summed E-state index contributed by atoms with van der Waals surface area (Å²) in [7, 11) is -3.75. The number of imidazole rings is 1. The molecule has 7 nitrogen and oxygen atoms in total. The van der Waals surface area contributed by atoms with E-state index in [1.54, 1.807) is 17.8 Å². The minimum Gasteiger partial charge on any atom is -0.283 e. The fraction of sp³-hybridized carbons (Fsp3) is 0.200. The van der Waals surface area contributed by atoms with Crippen molar-refractivity contribution in [2.75, 3.05) is 0 Å². The van der Waals surface area contributed by atoms with Gasteiger partial charge in [0.15, 0.2) is 15.1 Å². The molecule has 0 aliphatic heterocycles. The second-order valence-corrected chi connectivity index (χ2v) is 7.02. The predicted octanol–water partition coefficient (Wildman–Crippen LogP) is 1.56. The topological polar surface area (TPSA) is 92.1 Å². The molecule has 0 saturated carbocycles. The first-order chi connectivity index (χ1) is 9.49. The Morgan fingerprint density at radius 3 is 3.05 bits per heavy atom. The highest BCUT2D eigenvalue weighted by atomic mass is 35.5. The summed E-state index contributed by atoms with van der Waals surface area (Å²) in [4.78, 5) is 4.55. The molecule has 3 aromatic heterocycles. The molecule has 3 aromatic rings. The van der Waals surface area contributed by atoms with Crippen molar-refractivity contribution >= 4 is 37.9 Å². The van der Waals surface area contributed by atoms with Crippen LogP contribution in [0.5, 0.6) is 0 Å². The van der Waals surface area contributed by atoms with Gasteiger partial charge < -0.3 is 0 Å². The van der Waals surface area contributed by atoms with Crippen LogP contribution in [-0.4, -0.2) is 28.0 Å². The Labute approximate surface area is 123 Å². The van der Waals surface area contributed by atoms with E-state index in [0.29, 0.717) is 4.96 Å². The van der Waals surface area contributed by atoms with E-state index in [9.17, 15) is 8.42 Å². The molecule has 3 rings (SSSR count). The third-order valence-corrected chi connectivity index (χ3v) is 5.38. The second-order valence-electron chi connectivity index (χ2n) is 4.11. The molecule has 0 amide bonds. The molecule has 0 fully saturated rings. The molecule has 0 aliphatic rings. The number of H-pyrrole nitrogens is 1. The van der Waals surface area contributed by atoms with Gasteiger partial charge in [0.2, 0.25) is 0 Å². The monoisotopic (exact) mass is 331 g/mol. The quantitative estimate of drug-likeness (QED) is 0.758. The third-order valence-electron chi connectivity index (χ3n) is 2.82. The first-order valence-corrected chi connectivity index (χ1v) is 8.32. The Bertz CT molecular complexity index is 863.